The highest BCUT2D eigenvalue weighted by molar-refractivity contribution is 7.80. The van der Waals surface area contributed by atoms with Gasteiger partial charge in [0.05, 0.1) is 13.2 Å². The Hall–Kier alpha value is -0.210. The molecule has 0 rings (SSSR count). The Balaban J connectivity index is 2.97. The Labute approximate surface area is 68.2 Å². The molecule has 0 saturated carbocycles. The largest absolute Gasteiger partial charge is 0.373 e. The van der Waals surface area contributed by atoms with Gasteiger partial charge in [0.25, 0.3) is 0 Å². The standard InChI is InChI=1S/C8H14OS/c1-2-3-6-9-7-4-5-8-10/h2-5,10H,6-8H2,1H3. The summed E-state index contributed by atoms with van der Waals surface area (Å²) in [5, 5.41) is 0. The highest BCUT2D eigenvalue weighted by atomic mass is 32.1. The van der Waals surface area contributed by atoms with Crippen LogP contribution in [0.3, 0.4) is 0 Å². The molecule has 0 N–H and O–H groups in total. The van der Waals surface area contributed by atoms with Crippen molar-refractivity contribution in [2.45, 2.75) is 6.92 Å². The smallest absolute Gasteiger partial charge is 0.0652 e. The maximum atomic E-state index is 5.17. The third-order valence-electron chi connectivity index (χ3n) is 0.936. The molecule has 1 nitrogen and oxygen atoms in total. The predicted molar refractivity (Wildman–Crippen MR) is 48.6 cm³/mol. The van der Waals surface area contributed by atoms with Gasteiger partial charge >= 0.3 is 0 Å². The molecule has 0 aromatic rings. The number of rotatable bonds is 5. The second kappa shape index (κ2) is 8.79. The average molecular weight is 158 g/mol. The maximum Gasteiger partial charge on any atom is 0.0652 e. The van der Waals surface area contributed by atoms with Crippen molar-refractivity contribution in [2.24, 2.45) is 0 Å². The van der Waals surface area contributed by atoms with Crippen molar-refractivity contribution in [3.8, 4) is 0 Å². The molecule has 0 atom stereocenters. The summed E-state index contributed by atoms with van der Waals surface area (Å²) in [6, 6.07) is 0. The predicted octanol–water partition coefficient (Wildman–Crippen LogP) is 2.07. The molecule has 0 aliphatic carbocycles. The van der Waals surface area contributed by atoms with Gasteiger partial charge in [-0.2, -0.15) is 12.6 Å². The molecule has 0 unspecified atom stereocenters. The molecule has 0 heterocycles. The molecule has 0 bridgehead atoms. The molecule has 0 radical (unpaired) electrons. The van der Waals surface area contributed by atoms with E-state index in [1.165, 1.54) is 0 Å². The SMILES string of the molecule is CC=CCOCC=CCS. The molecule has 2 heteroatoms. The Morgan fingerprint density at radius 3 is 2.50 bits per heavy atom. The van der Waals surface area contributed by atoms with Crippen LogP contribution in [0, 0.1) is 0 Å². The number of thiol groups is 1. The zero-order valence-corrected chi connectivity index (χ0v) is 7.18. The van der Waals surface area contributed by atoms with Crippen molar-refractivity contribution in [2.75, 3.05) is 19.0 Å². The Bertz CT molecular complexity index is 108. The van der Waals surface area contributed by atoms with Crippen LogP contribution in [0.1, 0.15) is 6.92 Å². The molecule has 0 aliphatic rings. The first kappa shape index (κ1) is 9.79. The van der Waals surface area contributed by atoms with Gasteiger partial charge in [-0.3, -0.25) is 0 Å². The van der Waals surface area contributed by atoms with E-state index >= 15 is 0 Å². The molecule has 0 amide bonds. The first-order valence-corrected chi connectivity index (χ1v) is 3.99. The summed E-state index contributed by atoms with van der Waals surface area (Å²) in [5.41, 5.74) is 0. The van der Waals surface area contributed by atoms with Crippen LogP contribution in [0.15, 0.2) is 24.3 Å². The van der Waals surface area contributed by atoms with Crippen LogP contribution in [-0.4, -0.2) is 19.0 Å². The van der Waals surface area contributed by atoms with E-state index < -0.39 is 0 Å². The fourth-order valence-electron chi connectivity index (χ4n) is 0.443. The Morgan fingerprint density at radius 2 is 1.90 bits per heavy atom. The van der Waals surface area contributed by atoms with Crippen LogP contribution in [-0.2, 0) is 4.74 Å². The molecule has 58 valence electrons. The second-order valence-corrected chi connectivity index (χ2v) is 2.13. The monoisotopic (exact) mass is 158 g/mol. The molecular weight excluding hydrogens is 144 g/mol. The lowest BCUT2D eigenvalue weighted by molar-refractivity contribution is 0.194. The zero-order valence-electron chi connectivity index (χ0n) is 6.29. The normalized spacial score (nSPS) is 11.8. The quantitative estimate of drug-likeness (QED) is 0.366. The van der Waals surface area contributed by atoms with Crippen molar-refractivity contribution >= 4 is 12.6 Å². The summed E-state index contributed by atoms with van der Waals surface area (Å²) in [7, 11) is 0. The first-order valence-electron chi connectivity index (χ1n) is 3.36. The fourth-order valence-corrected chi connectivity index (χ4v) is 0.592. The van der Waals surface area contributed by atoms with E-state index in [0.29, 0.717) is 13.2 Å². The van der Waals surface area contributed by atoms with Crippen molar-refractivity contribution in [3.05, 3.63) is 24.3 Å². The van der Waals surface area contributed by atoms with Crippen molar-refractivity contribution in [3.63, 3.8) is 0 Å². The number of hydrogen-bond acceptors (Lipinski definition) is 2. The van der Waals surface area contributed by atoms with Gasteiger partial charge in [0.15, 0.2) is 0 Å². The van der Waals surface area contributed by atoms with Crippen LogP contribution >= 0.6 is 12.6 Å². The fraction of sp³-hybridized carbons (Fsp3) is 0.500. The summed E-state index contributed by atoms with van der Waals surface area (Å²) in [6.45, 7) is 3.37. The van der Waals surface area contributed by atoms with Crippen molar-refractivity contribution in [1.82, 2.24) is 0 Å². The molecule has 0 aromatic heterocycles. The maximum absolute atomic E-state index is 5.17. The minimum absolute atomic E-state index is 0.685. The third-order valence-corrected chi connectivity index (χ3v) is 1.15. The van der Waals surface area contributed by atoms with Gasteiger partial charge in [-0.05, 0) is 6.92 Å². The number of allylic oxidation sites excluding steroid dienone is 1. The number of hydrogen-bond donors (Lipinski definition) is 1. The van der Waals surface area contributed by atoms with Gasteiger partial charge in [0.2, 0.25) is 0 Å². The van der Waals surface area contributed by atoms with E-state index in [1.54, 1.807) is 0 Å². The molecule has 0 fully saturated rings. The zero-order chi connectivity index (χ0) is 7.66. The minimum atomic E-state index is 0.685. The van der Waals surface area contributed by atoms with Gasteiger partial charge < -0.3 is 4.74 Å². The topological polar surface area (TPSA) is 9.23 Å². The lowest BCUT2D eigenvalue weighted by Crippen LogP contribution is -1.89. The molecule has 0 saturated heterocycles. The van der Waals surface area contributed by atoms with E-state index in [1.807, 2.05) is 31.2 Å². The summed E-state index contributed by atoms with van der Waals surface area (Å²) in [5.74, 6) is 0.785. The summed E-state index contributed by atoms with van der Waals surface area (Å²) < 4.78 is 5.17. The minimum Gasteiger partial charge on any atom is -0.373 e. The molecular formula is C8H14OS. The van der Waals surface area contributed by atoms with Gasteiger partial charge in [-0.25, -0.2) is 0 Å². The van der Waals surface area contributed by atoms with Crippen molar-refractivity contribution in [1.29, 1.82) is 0 Å². The Kier molecular flexibility index (Phi) is 8.61. The van der Waals surface area contributed by atoms with Gasteiger partial charge in [-0.15, -0.1) is 0 Å². The Morgan fingerprint density at radius 1 is 1.20 bits per heavy atom. The second-order valence-electron chi connectivity index (χ2n) is 1.76. The number of ether oxygens (including phenoxy) is 1. The molecule has 0 spiro atoms. The highest BCUT2D eigenvalue weighted by Gasteiger charge is 1.75. The van der Waals surface area contributed by atoms with Crippen LogP contribution in [0.5, 0.6) is 0 Å². The van der Waals surface area contributed by atoms with E-state index in [0.717, 1.165) is 5.75 Å². The van der Waals surface area contributed by atoms with Crippen LogP contribution in [0.4, 0.5) is 0 Å². The highest BCUT2D eigenvalue weighted by Crippen LogP contribution is 1.81. The van der Waals surface area contributed by atoms with E-state index in [2.05, 4.69) is 12.6 Å². The summed E-state index contributed by atoms with van der Waals surface area (Å²) in [6.07, 6.45) is 7.89. The third kappa shape index (κ3) is 7.79. The van der Waals surface area contributed by atoms with Crippen molar-refractivity contribution < 1.29 is 4.74 Å². The van der Waals surface area contributed by atoms with Crippen LogP contribution < -0.4 is 0 Å². The van der Waals surface area contributed by atoms with Gasteiger partial charge in [0, 0.05) is 5.75 Å². The van der Waals surface area contributed by atoms with E-state index in [9.17, 15) is 0 Å². The summed E-state index contributed by atoms with van der Waals surface area (Å²) >= 11 is 4.01. The molecule has 0 aromatic carbocycles. The average Bonchev–Trinajstić information content (AvgIpc) is 1.97. The molecule has 0 aliphatic heterocycles. The lowest BCUT2D eigenvalue weighted by Gasteiger charge is -1.92. The van der Waals surface area contributed by atoms with E-state index in [-0.39, 0.29) is 0 Å². The van der Waals surface area contributed by atoms with Crippen LogP contribution in [0.25, 0.3) is 0 Å². The van der Waals surface area contributed by atoms with Gasteiger partial charge in [0.1, 0.15) is 0 Å². The lowest BCUT2D eigenvalue weighted by atomic mass is 10.5. The summed E-state index contributed by atoms with van der Waals surface area (Å²) in [4.78, 5) is 0. The molecule has 10 heavy (non-hydrogen) atoms. The first-order chi connectivity index (χ1) is 4.91. The van der Waals surface area contributed by atoms with Crippen LogP contribution in [0.2, 0.25) is 0 Å². The van der Waals surface area contributed by atoms with E-state index in [4.69, 9.17) is 4.74 Å². The van der Waals surface area contributed by atoms with Gasteiger partial charge in [-0.1, -0.05) is 24.3 Å².